The molecule has 5 fully saturated rings. The minimum Gasteiger partial charge on any atom is -0.395 e. The highest BCUT2D eigenvalue weighted by Gasteiger charge is 2.54. The minimum absolute atomic E-state index is 0.0665. The number of Topliss-reactive ketones (excluding diaryl/α,β-unsaturated/α-hetero) is 1. The van der Waals surface area contributed by atoms with Gasteiger partial charge in [0.15, 0.2) is 5.78 Å². The number of hydrogen-bond acceptors (Lipinski definition) is 4. The molecule has 0 unspecified atom stereocenters. The van der Waals surface area contributed by atoms with Gasteiger partial charge in [-0.1, -0.05) is 0 Å². The lowest BCUT2D eigenvalue weighted by Crippen LogP contribution is -2.54. The van der Waals surface area contributed by atoms with Crippen LogP contribution in [0.5, 0.6) is 0 Å². The highest BCUT2D eigenvalue weighted by molar-refractivity contribution is 5.87. The molecule has 4 aliphatic carbocycles. The van der Waals surface area contributed by atoms with Gasteiger partial charge in [0, 0.05) is 38.1 Å². The first-order chi connectivity index (χ1) is 10.7. The van der Waals surface area contributed by atoms with Crippen LogP contribution in [0.2, 0.25) is 0 Å². The van der Waals surface area contributed by atoms with Crippen LogP contribution in [0.1, 0.15) is 38.5 Å². The second-order valence-electron chi connectivity index (χ2n) is 8.46. The molecule has 4 bridgehead atoms. The Morgan fingerprint density at radius 2 is 1.41 bits per heavy atom. The van der Waals surface area contributed by atoms with Crippen molar-refractivity contribution in [3.05, 3.63) is 0 Å². The maximum atomic E-state index is 13.1. The lowest BCUT2D eigenvalue weighted by atomic mass is 9.48. The first-order valence-electron chi connectivity index (χ1n) is 9.26. The number of piperazine rings is 1. The molecule has 124 valence electrons. The fourth-order valence-corrected chi connectivity index (χ4v) is 6.14. The highest BCUT2D eigenvalue weighted by Crippen LogP contribution is 2.60. The zero-order valence-electron chi connectivity index (χ0n) is 13.7. The van der Waals surface area contributed by atoms with E-state index in [1.165, 1.54) is 38.5 Å². The maximum absolute atomic E-state index is 13.1. The van der Waals surface area contributed by atoms with Crippen molar-refractivity contribution in [2.45, 2.75) is 38.5 Å². The maximum Gasteiger partial charge on any atom is 0.152 e. The van der Waals surface area contributed by atoms with E-state index >= 15 is 0 Å². The Hall–Kier alpha value is -0.450. The van der Waals surface area contributed by atoms with Crippen LogP contribution in [0.3, 0.4) is 0 Å². The van der Waals surface area contributed by atoms with Crippen molar-refractivity contribution in [3.8, 4) is 0 Å². The lowest BCUT2D eigenvalue weighted by Gasteiger charge is -2.56. The van der Waals surface area contributed by atoms with Crippen molar-refractivity contribution in [1.82, 2.24) is 9.80 Å². The van der Waals surface area contributed by atoms with Crippen LogP contribution >= 0.6 is 0 Å². The van der Waals surface area contributed by atoms with Gasteiger partial charge in [0.1, 0.15) is 0 Å². The molecule has 0 amide bonds. The molecule has 1 N–H and O–H groups in total. The molecule has 0 aromatic carbocycles. The normalized spacial score (nSPS) is 42.0. The molecular weight excluding hydrogens is 276 g/mol. The number of carbonyl (C=O) groups excluding carboxylic acids is 1. The molecular formula is C18H30N2O2. The Morgan fingerprint density at radius 1 is 0.909 bits per heavy atom. The number of nitrogens with zero attached hydrogens (tertiary/aromatic N) is 2. The molecule has 0 aromatic heterocycles. The first kappa shape index (κ1) is 15.1. The number of ketones is 1. The van der Waals surface area contributed by atoms with E-state index in [2.05, 4.69) is 9.80 Å². The number of β-amino-alcohol motifs (C(OH)–C–C–N with tert-alkyl or cyclic N) is 1. The SMILES string of the molecule is O=C(CN1CCN(CCO)CC1)C12CC3CC(CC(C3)C1)C2. The summed E-state index contributed by atoms with van der Waals surface area (Å²) in [6.07, 6.45) is 7.82. The van der Waals surface area contributed by atoms with Crippen molar-refractivity contribution in [3.63, 3.8) is 0 Å². The Balaban J connectivity index is 1.35. The van der Waals surface area contributed by atoms with Crippen molar-refractivity contribution in [2.75, 3.05) is 45.9 Å². The molecule has 1 aliphatic heterocycles. The summed E-state index contributed by atoms with van der Waals surface area (Å²) in [5, 5.41) is 9.02. The van der Waals surface area contributed by atoms with Gasteiger partial charge in [-0.25, -0.2) is 0 Å². The minimum atomic E-state index is 0.0665. The summed E-state index contributed by atoms with van der Waals surface area (Å²) in [6.45, 7) is 5.65. The van der Waals surface area contributed by atoms with E-state index < -0.39 is 0 Å². The van der Waals surface area contributed by atoms with E-state index in [0.29, 0.717) is 12.3 Å². The van der Waals surface area contributed by atoms with Gasteiger partial charge >= 0.3 is 0 Å². The quantitative estimate of drug-likeness (QED) is 0.833. The molecule has 0 atom stereocenters. The van der Waals surface area contributed by atoms with Crippen LogP contribution in [-0.2, 0) is 4.79 Å². The molecule has 1 saturated heterocycles. The van der Waals surface area contributed by atoms with E-state index in [1.807, 2.05) is 0 Å². The van der Waals surface area contributed by atoms with Crippen LogP contribution < -0.4 is 0 Å². The molecule has 0 aromatic rings. The second-order valence-corrected chi connectivity index (χ2v) is 8.46. The topological polar surface area (TPSA) is 43.8 Å². The predicted octanol–water partition coefficient (Wildman–Crippen LogP) is 1.38. The predicted molar refractivity (Wildman–Crippen MR) is 85.6 cm³/mol. The zero-order chi connectivity index (χ0) is 15.2. The van der Waals surface area contributed by atoms with Gasteiger partial charge in [-0.3, -0.25) is 14.6 Å². The largest absolute Gasteiger partial charge is 0.395 e. The fourth-order valence-electron chi connectivity index (χ4n) is 6.14. The van der Waals surface area contributed by atoms with Crippen LogP contribution in [0.4, 0.5) is 0 Å². The van der Waals surface area contributed by atoms with E-state index in [4.69, 9.17) is 5.11 Å². The van der Waals surface area contributed by atoms with E-state index in [-0.39, 0.29) is 12.0 Å². The van der Waals surface area contributed by atoms with Crippen LogP contribution in [0, 0.1) is 23.2 Å². The van der Waals surface area contributed by atoms with Crippen LogP contribution in [-0.4, -0.2) is 66.6 Å². The van der Waals surface area contributed by atoms with Gasteiger partial charge in [-0.15, -0.1) is 0 Å². The van der Waals surface area contributed by atoms with Gasteiger partial charge in [0.05, 0.1) is 13.2 Å². The van der Waals surface area contributed by atoms with E-state index in [0.717, 1.165) is 50.5 Å². The number of aliphatic hydroxyl groups excluding tert-OH is 1. The molecule has 4 heteroatoms. The van der Waals surface area contributed by atoms with Crippen molar-refractivity contribution < 1.29 is 9.90 Å². The smallest absolute Gasteiger partial charge is 0.152 e. The Bertz CT molecular complexity index is 394. The summed E-state index contributed by atoms with van der Waals surface area (Å²) in [7, 11) is 0. The molecule has 0 radical (unpaired) electrons. The first-order valence-corrected chi connectivity index (χ1v) is 9.26. The molecule has 5 aliphatic rings. The number of rotatable bonds is 5. The lowest BCUT2D eigenvalue weighted by molar-refractivity contribution is -0.145. The monoisotopic (exact) mass is 306 g/mol. The third kappa shape index (κ3) is 2.74. The third-order valence-electron chi connectivity index (χ3n) is 6.88. The number of carbonyl (C=O) groups is 1. The Kier molecular flexibility index (Phi) is 4.04. The average Bonchev–Trinajstić information content (AvgIpc) is 2.48. The van der Waals surface area contributed by atoms with Crippen molar-refractivity contribution in [1.29, 1.82) is 0 Å². The van der Waals surface area contributed by atoms with Crippen LogP contribution in [0.25, 0.3) is 0 Å². The summed E-state index contributed by atoms with van der Waals surface area (Å²) >= 11 is 0. The molecule has 4 nitrogen and oxygen atoms in total. The molecule has 0 spiro atoms. The van der Waals surface area contributed by atoms with Gasteiger partial charge in [-0.2, -0.15) is 0 Å². The summed E-state index contributed by atoms with van der Waals surface area (Å²) in [4.78, 5) is 17.7. The molecule has 22 heavy (non-hydrogen) atoms. The highest BCUT2D eigenvalue weighted by atomic mass is 16.3. The Labute approximate surface area is 133 Å². The van der Waals surface area contributed by atoms with E-state index in [9.17, 15) is 4.79 Å². The summed E-state index contributed by atoms with van der Waals surface area (Å²) in [5.41, 5.74) is 0.0665. The Morgan fingerprint density at radius 3 is 1.91 bits per heavy atom. The molecule has 1 heterocycles. The van der Waals surface area contributed by atoms with Crippen LogP contribution in [0.15, 0.2) is 0 Å². The van der Waals surface area contributed by atoms with Crippen molar-refractivity contribution >= 4 is 5.78 Å². The summed E-state index contributed by atoms with van der Waals surface area (Å²) < 4.78 is 0. The fraction of sp³-hybridized carbons (Fsp3) is 0.944. The van der Waals surface area contributed by atoms with Gasteiger partial charge < -0.3 is 5.11 Å². The van der Waals surface area contributed by atoms with E-state index in [1.54, 1.807) is 0 Å². The van der Waals surface area contributed by atoms with Gasteiger partial charge in [0.25, 0.3) is 0 Å². The standard InChI is InChI=1S/C18H30N2O2/c21-6-5-19-1-3-20(4-2-19)13-17(22)18-10-14-7-15(11-18)9-16(8-14)12-18/h14-16,21H,1-13H2. The number of hydrogen-bond donors (Lipinski definition) is 1. The second kappa shape index (κ2) is 5.88. The zero-order valence-corrected chi connectivity index (χ0v) is 13.7. The third-order valence-corrected chi connectivity index (χ3v) is 6.88. The van der Waals surface area contributed by atoms with Gasteiger partial charge in [0.2, 0.25) is 0 Å². The number of aliphatic hydroxyl groups is 1. The van der Waals surface area contributed by atoms with Gasteiger partial charge in [-0.05, 0) is 56.3 Å². The summed E-state index contributed by atoms with van der Waals surface area (Å²) in [6, 6.07) is 0. The average molecular weight is 306 g/mol. The van der Waals surface area contributed by atoms with Crippen molar-refractivity contribution in [2.24, 2.45) is 23.2 Å². The molecule has 4 saturated carbocycles. The molecule has 5 rings (SSSR count). The summed E-state index contributed by atoms with van der Waals surface area (Å²) in [5.74, 6) is 3.13.